The molecule has 5 heteroatoms. The molecule has 0 bridgehead atoms. The van der Waals surface area contributed by atoms with E-state index in [2.05, 4.69) is 26.5 Å². The van der Waals surface area contributed by atoms with E-state index >= 15 is 0 Å². The minimum Gasteiger partial charge on any atom is -1.00 e. The predicted octanol–water partition coefficient (Wildman–Crippen LogP) is 0.806. The number of thiol groups is 1. The molecule has 3 nitrogen and oxygen atoms in total. The van der Waals surface area contributed by atoms with E-state index in [9.17, 15) is 10.1 Å². The van der Waals surface area contributed by atoms with Gasteiger partial charge in [-0.15, -0.1) is 12.6 Å². The largest absolute Gasteiger partial charge is 1.00 e. The van der Waals surface area contributed by atoms with E-state index in [1.165, 1.54) is 18.9 Å². The monoisotopic (exact) mass is 237 g/mol. The molecular weight excluding hydrogens is 221 g/mol. The average molecular weight is 237 g/mol. The van der Waals surface area contributed by atoms with Crippen molar-refractivity contribution in [1.82, 2.24) is 0 Å². The zero-order valence-electron chi connectivity index (χ0n) is 10.4. The summed E-state index contributed by atoms with van der Waals surface area (Å²) in [5, 5.41) is 10.2. The maximum absolute atomic E-state index is 10.2. The number of hydrogen-bond acceptors (Lipinski definition) is 3. The molecule has 0 fully saturated rings. The van der Waals surface area contributed by atoms with Crippen molar-refractivity contribution in [3.63, 3.8) is 0 Å². The van der Waals surface area contributed by atoms with Gasteiger partial charge < -0.3 is 1.43 Å². The van der Waals surface area contributed by atoms with Crippen molar-refractivity contribution in [3.8, 4) is 0 Å². The van der Waals surface area contributed by atoms with Gasteiger partial charge in [-0.3, -0.25) is 10.1 Å². The number of nitro benzene ring substituents is 1. The van der Waals surface area contributed by atoms with Crippen LogP contribution in [0.2, 0.25) is 0 Å². The Hall–Kier alpha value is -0.0300. The summed E-state index contributed by atoms with van der Waals surface area (Å²) in [5.74, 6) is 0. The van der Waals surface area contributed by atoms with Crippen molar-refractivity contribution in [3.05, 3.63) is 34.4 Å². The predicted molar refractivity (Wildman–Crippen MR) is 62.0 cm³/mol. The van der Waals surface area contributed by atoms with Crippen molar-refractivity contribution in [1.29, 1.82) is 0 Å². The number of para-hydroxylation sites is 1. The summed E-state index contributed by atoms with van der Waals surface area (Å²) in [6, 6.07) is 6.32. The Morgan fingerprint density at radius 2 is 1.80 bits per heavy atom. The Bertz CT molecular complexity index is 298. The van der Waals surface area contributed by atoms with E-state index in [0.29, 0.717) is 4.90 Å². The van der Waals surface area contributed by atoms with Gasteiger partial charge in [0.05, 0.1) is 9.82 Å². The van der Waals surface area contributed by atoms with Gasteiger partial charge >= 0.3 is 29.6 Å². The number of hydrogen-bond donors (Lipinski definition) is 1. The van der Waals surface area contributed by atoms with Crippen LogP contribution in [0.3, 0.4) is 0 Å². The van der Waals surface area contributed by atoms with E-state index in [-0.39, 0.29) is 36.7 Å². The second-order valence-corrected chi connectivity index (χ2v) is 3.23. The third-order valence-electron chi connectivity index (χ3n) is 1.58. The van der Waals surface area contributed by atoms with Gasteiger partial charge in [0, 0.05) is 6.07 Å². The van der Waals surface area contributed by atoms with Crippen LogP contribution in [0.4, 0.5) is 5.69 Å². The number of nitrogens with zero attached hydrogens (tertiary/aromatic N) is 1. The SMILES string of the molecule is CCCC.O=[N+]([O-])c1ccccc1S.[H-].[Na+]. The van der Waals surface area contributed by atoms with Crippen LogP contribution >= 0.6 is 12.6 Å². The van der Waals surface area contributed by atoms with Crippen LogP contribution in [0.15, 0.2) is 29.2 Å². The van der Waals surface area contributed by atoms with Gasteiger partial charge in [-0.2, -0.15) is 0 Å². The number of unbranched alkanes of at least 4 members (excludes halogenated alkanes) is 1. The molecule has 0 aliphatic carbocycles. The quantitative estimate of drug-likeness (QED) is 0.358. The fourth-order valence-electron chi connectivity index (χ4n) is 0.619. The Morgan fingerprint density at radius 3 is 2.07 bits per heavy atom. The van der Waals surface area contributed by atoms with Gasteiger partial charge in [-0.05, 0) is 6.07 Å². The molecule has 1 rings (SSSR count). The van der Waals surface area contributed by atoms with Crippen molar-refractivity contribution in [2.45, 2.75) is 31.6 Å². The zero-order valence-corrected chi connectivity index (χ0v) is 12.3. The van der Waals surface area contributed by atoms with E-state index < -0.39 is 4.92 Å². The first-order chi connectivity index (χ1) is 6.63. The molecule has 0 aromatic heterocycles. The standard InChI is InChI=1S/C6H5NO2S.C4H10.Na.H/c8-7(9)5-3-1-2-4-6(5)10;1-3-4-2;;/h1-4,10H;3-4H2,1-2H3;;/q;;+1;-1. The average Bonchev–Trinajstić information content (AvgIpc) is 2.18. The molecule has 0 aliphatic heterocycles. The van der Waals surface area contributed by atoms with Gasteiger partial charge in [-0.1, -0.05) is 38.8 Å². The molecule has 0 unspecified atom stereocenters. The van der Waals surface area contributed by atoms with E-state index in [1.807, 2.05) is 0 Å². The van der Waals surface area contributed by atoms with Crippen LogP contribution in [-0.4, -0.2) is 4.92 Å². The molecule has 0 amide bonds. The molecule has 0 aliphatic rings. The fraction of sp³-hybridized carbons (Fsp3) is 0.400. The summed E-state index contributed by atoms with van der Waals surface area (Å²) in [7, 11) is 0. The molecule has 0 spiro atoms. The van der Waals surface area contributed by atoms with Gasteiger partial charge in [0.2, 0.25) is 0 Å². The fourth-order valence-corrected chi connectivity index (χ4v) is 0.861. The van der Waals surface area contributed by atoms with Crippen molar-refractivity contribution >= 4 is 18.3 Å². The summed E-state index contributed by atoms with van der Waals surface area (Å²) in [6.45, 7) is 4.36. The Kier molecular flexibility index (Phi) is 12.1. The van der Waals surface area contributed by atoms with E-state index in [4.69, 9.17) is 0 Å². The molecule has 15 heavy (non-hydrogen) atoms. The molecule has 0 heterocycles. The molecule has 1 aromatic rings. The van der Waals surface area contributed by atoms with Gasteiger partial charge in [0.15, 0.2) is 0 Å². The maximum atomic E-state index is 10.2. The summed E-state index contributed by atoms with van der Waals surface area (Å²) in [4.78, 5) is 10.1. The van der Waals surface area contributed by atoms with Crippen molar-refractivity contribution < 1.29 is 35.9 Å². The number of benzene rings is 1. The first-order valence-corrected chi connectivity index (χ1v) is 5.00. The Morgan fingerprint density at radius 1 is 1.33 bits per heavy atom. The molecule has 1 aromatic carbocycles. The van der Waals surface area contributed by atoms with Crippen LogP contribution < -0.4 is 29.6 Å². The molecule has 0 radical (unpaired) electrons. The Balaban J connectivity index is -0.000000249. The minimum atomic E-state index is -0.456. The normalized spacial score (nSPS) is 8.20. The molecule has 0 N–H and O–H groups in total. The van der Waals surface area contributed by atoms with Crippen LogP contribution in [0.25, 0.3) is 0 Å². The van der Waals surface area contributed by atoms with E-state index in [0.717, 1.165) is 0 Å². The van der Waals surface area contributed by atoms with E-state index in [1.54, 1.807) is 18.2 Å². The number of rotatable bonds is 2. The summed E-state index contributed by atoms with van der Waals surface area (Å²) >= 11 is 3.90. The molecule has 0 atom stereocenters. The van der Waals surface area contributed by atoms with Gasteiger partial charge in [0.1, 0.15) is 0 Å². The summed E-state index contributed by atoms with van der Waals surface area (Å²) in [5.41, 5.74) is 0.0471. The third-order valence-corrected chi connectivity index (χ3v) is 1.96. The van der Waals surface area contributed by atoms with Gasteiger partial charge in [-0.25, -0.2) is 0 Å². The molecule has 80 valence electrons. The molecular formula is C10H16NNaO2S. The first kappa shape index (κ1) is 17.4. The number of nitro groups is 1. The first-order valence-electron chi connectivity index (χ1n) is 4.55. The summed E-state index contributed by atoms with van der Waals surface area (Å²) < 4.78 is 0. The van der Waals surface area contributed by atoms with Crippen LogP contribution in [0.5, 0.6) is 0 Å². The minimum absolute atomic E-state index is 0. The van der Waals surface area contributed by atoms with Crippen LogP contribution in [0, 0.1) is 10.1 Å². The zero-order chi connectivity index (χ0) is 11.0. The Labute approximate surface area is 120 Å². The molecule has 0 saturated carbocycles. The third kappa shape index (κ3) is 7.85. The molecule has 0 saturated heterocycles. The maximum Gasteiger partial charge on any atom is 1.00 e. The van der Waals surface area contributed by atoms with Crippen molar-refractivity contribution in [2.24, 2.45) is 0 Å². The van der Waals surface area contributed by atoms with Gasteiger partial charge in [0.25, 0.3) is 5.69 Å². The van der Waals surface area contributed by atoms with Crippen LogP contribution in [-0.2, 0) is 0 Å². The van der Waals surface area contributed by atoms with Crippen molar-refractivity contribution in [2.75, 3.05) is 0 Å². The summed E-state index contributed by atoms with van der Waals surface area (Å²) in [6.07, 6.45) is 2.64. The second kappa shape index (κ2) is 10.5. The smallest absolute Gasteiger partial charge is 1.00 e. The second-order valence-electron chi connectivity index (χ2n) is 2.75. The topological polar surface area (TPSA) is 43.1 Å². The van der Waals surface area contributed by atoms with Crippen LogP contribution in [0.1, 0.15) is 28.1 Å².